The smallest absolute Gasteiger partial charge is 0.276 e. The van der Waals surface area contributed by atoms with E-state index in [1.807, 2.05) is 6.08 Å². The molecule has 1 aromatic rings. The van der Waals surface area contributed by atoms with Gasteiger partial charge < -0.3 is 10.6 Å². The summed E-state index contributed by atoms with van der Waals surface area (Å²) in [6, 6.07) is 0. The number of nitrogen functional groups attached to an aromatic ring is 1. The van der Waals surface area contributed by atoms with Gasteiger partial charge in [-0.15, -0.1) is 6.58 Å². The summed E-state index contributed by atoms with van der Waals surface area (Å²) in [6.07, 6.45) is 3.63. The largest absolute Gasteiger partial charge is 0.395 e. The molecule has 0 radical (unpaired) electrons. The highest BCUT2D eigenvalue weighted by molar-refractivity contribution is 5.97. The molecule has 0 atom stereocenters. The summed E-state index contributed by atoms with van der Waals surface area (Å²) < 4.78 is 0. The lowest BCUT2D eigenvalue weighted by Gasteiger charge is -2.15. The van der Waals surface area contributed by atoms with Gasteiger partial charge in [-0.2, -0.15) is 5.10 Å². The van der Waals surface area contributed by atoms with Crippen LogP contribution in [0.2, 0.25) is 0 Å². The Morgan fingerprint density at radius 1 is 1.69 bits per heavy atom. The van der Waals surface area contributed by atoms with Crippen LogP contribution in [0, 0.1) is 6.92 Å². The predicted molar refractivity (Wildman–Crippen MR) is 64.1 cm³/mol. The molecule has 0 saturated carbocycles. The first-order chi connectivity index (χ1) is 7.57. The van der Waals surface area contributed by atoms with Crippen molar-refractivity contribution >= 4 is 11.6 Å². The van der Waals surface area contributed by atoms with Crippen molar-refractivity contribution in [1.82, 2.24) is 15.1 Å². The third kappa shape index (κ3) is 2.62. The molecule has 5 heteroatoms. The van der Waals surface area contributed by atoms with Gasteiger partial charge >= 0.3 is 0 Å². The first kappa shape index (κ1) is 12.3. The van der Waals surface area contributed by atoms with E-state index in [0.29, 0.717) is 17.9 Å². The number of nitrogens with one attached hydrogen (secondary N) is 1. The summed E-state index contributed by atoms with van der Waals surface area (Å²) in [5.74, 6) is -0.147. The van der Waals surface area contributed by atoms with E-state index >= 15 is 0 Å². The van der Waals surface area contributed by atoms with Crippen LogP contribution in [0.5, 0.6) is 0 Å². The monoisotopic (exact) mass is 222 g/mol. The maximum absolute atomic E-state index is 11.9. The average Bonchev–Trinajstić information content (AvgIpc) is 2.59. The van der Waals surface area contributed by atoms with Crippen molar-refractivity contribution in [2.24, 2.45) is 0 Å². The number of H-pyrrole nitrogens is 1. The molecule has 16 heavy (non-hydrogen) atoms. The van der Waals surface area contributed by atoms with E-state index in [9.17, 15) is 4.79 Å². The third-order valence-corrected chi connectivity index (χ3v) is 2.45. The number of nitrogens with zero attached hydrogens (tertiary/aromatic N) is 2. The second-order valence-corrected chi connectivity index (χ2v) is 3.77. The van der Waals surface area contributed by atoms with Gasteiger partial charge in [0, 0.05) is 13.6 Å². The van der Waals surface area contributed by atoms with Crippen LogP contribution in [-0.4, -0.2) is 34.6 Å². The SMILES string of the molecule is C=CCCCN(C)C(=O)c1n[nH]c(C)c1N. The number of aromatic amines is 1. The van der Waals surface area contributed by atoms with Gasteiger partial charge in [0.05, 0.1) is 11.4 Å². The molecule has 0 aromatic carbocycles. The lowest BCUT2D eigenvalue weighted by atomic mass is 10.2. The fourth-order valence-electron chi connectivity index (χ4n) is 1.36. The van der Waals surface area contributed by atoms with Crippen molar-refractivity contribution in [2.75, 3.05) is 19.3 Å². The minimum Gasteiger partial charge on any atom is -0.395 e. The Morgan fingerprint density at radius 3 is 2.88 bits per heavy atom. The molecule has 1 rings (SSSR count). The second-order valence-electron chi connectivity index (χ2n) is 3.77. The van der Waals surface area contributed by atoms with E-state index in [0.717, 1.165) is 18.5 Å². The van der Waals surface area contributed by atoms with Gasteiger partial charge in [0.2, 0.25) is 0 Å². The molecule has 1 amide bonds. The van der Waals surface area contributed by atoms with Gasteiger partial charge in [-0.05, 0) is 19.8 Å². The molecule has 0 aliphatic carbocycles. The number of amides is 1. The highest BCUT2D eigenvalue weighted by Crippen LogP contribution is 2.14. The van der Waals surface area contributed by atoms with E-state index in [4.69, 9.17) is 5.73 Å². The molecule has 0 saturated heterocycles. The summed E-state index contributed by atoms with van der Waals surface area (Å²) >= 11 is 0. The van der Waals surface area contributed by atoms with E-state index < -0.39 is 0 Å². The Morgan fingerprint density at radius 2 is 2.38 bits per heavy atom. The van der Waals surface area contributed by atoms with E-state index in [-0.39, 0.29) is 5.91 Å². The molecule has 88 valence electrons. The summed E-state index contributed by atoms with van der Waals surface area (Å²) in [6.45, 7) is 6.10. The van der Waals surface area contributed by atoms with Crippen molar-refractivity contribution in [1.29, 1.82) is 0 Å². The first-order valence-electron chi connectivity index (χ1n) is 5.24. The maximum Gasteiger partial charge on any atom is 0.276 e. The predicted octanol–water partition coefficient (Wildman–Crippen LogP) is 1.34. The van der Waals surface area contributed by atoms with Crippen LogP contribution in [0.3, 0.4) is 0 Å². The minimum atomic E-state index is -0.147. The molecular formula is C11H18N4O. The van der Waals surface area contributed by atoms with Crippen molar-refractivity contribution in [2.45, 2.75) is 19.8 Å². The Kier molecular flexibility index (Phi) is 4.10. The van der Waals surface area contributed by atoms with Gasteiger partial charge in [-0.3, -0.25) is 9.89 Å². The second kappa shape index (κ2) is 5.34. The highest BCUT2D eigenvalue weighted by Gasteiger charge is 2.18. The molecule has 5 nitrogen and oxygen atoms in total. The quantitative estimate of drug-likeness (QED) is 0.583. The number of hydrogen-bond acceptors (Lipinski definition) is 3. The van der Waals surface area contributed by atoms with Crippen LogP contribution in [-0.2, 0) is 0 Å². The van der Waals surface area contributed by atoms with E-state index in [1.54, 1.807) is 18.9 Å². The van der Waals surface area contributed by atoms with Crippen molar-refractivity contribution in [3.63, 3.8) is 0 Å². The Hall–Kier alpha value is -1.78. The fourth-order valence-corrected chi connectivity index (χ4v) is 1.36. The topological polar surface area (TPSA) is 75.0 Å². The lowest BCUT2D eigenvalue weighted by molar-refractivity contribution is 0.0789. The molecule has 1 heterocycles. The van der Waals surface area contributed by atoms with Crippen LogP contribution in [0.15, 0.2) is 12.7 Å². The number of carbonyl (C=O) groups is 1. The summed E-state index contributed by atoms with van der Waals surface area (Å²) in [5, 5.41) is 6.60. The number of aryl methyl sites for hydroxylation is 1. The lowest BCUT2D eigenvalue weighted by Crippen LogP contribution is -2.28. The molecule has 0 aliphatic heterocycles. The van der Waals surface area contributed by atoms with Crippen LogP contribution in [0.1, 0.15) is 29.0 Å². The summed E-state index contributed by atoms with van der Waals surface area (Å²) in [5.41, 5.74) is 7.20. The Balaban J connectivity index is 2.63. The molecule has 3 N–H and O–H groups in total. The first-order valence-corrected chi connectivity index (χ1v) is 5.24. The number of unbranched alkanes of at least 4 members (excludes halogenated alkanes) is 1. The van der Waals surface area contributed by atoms with Gasteiger partial charge in [-0.1, -0.05) is 6.08 Å². The van der Waals surface area contributed by atoms with Crippen LogP contribution in [0.4, 0.5) is 5.69 Å². The van der Waals surface area contributed by atoms with Crippen LogP contribution >= 0.6 is 0 Å². The van der Waals surface area contributed by atoms with Gasteiger partial charge in [0.15, 0.2) is 5.69 Å². The van der Waals surface area contributed by atoms with E-state index in [1.165, 1.54) is 0 Å². The average molecular weight is 222 g/mol. The number of aromatic nitrogens is 2. The summed E-state index contributed by atoms with van der Waals surface area (Å²) in [4.78, 5) is 13.5. The molecule has 0 fully saturated rings. The zero-order valence-electron chi connectivity index (χ0n) is 9.79. The number of hydrogen-bond donors (Lipinski definition) is 2. The molecule has 0 unspecified atom stereocenters. The highest BCUT2D eigenvalue weighted by atomic mass is 16.2. The van der Waals surface area contributed by atoms with Crippen LogP contribution < -0.4 is 5.73 Å². The van der Waals surface area contributed by atoms with Crippen LogP contribution in [0.25, 0.3) is 0 Å². The molecule has 0 spiro atoms. The van der Waals surface area contributed by atoms with Crippen molar-refractivity contribution in [3.8, 4) is 0 Å². The normalized spacial score (nSPS) is 10.1. The fraction of sp³-hybridized carbons (Fsp3) is 0.455. The number of anilines is 1. The number of carbonyl (C=O) groups excluding carboxylic acids is 1. The number of rotatable bonds is 5. The molecule has 1 aromatic heterocycles. The van der Waals surface area contributed by atoms with Gasteiger partial charge in [-0.25, -0.2) is 0 Å². The number of allylic oxidation sites excluding steroid dienone is 1. The van der Waals surface area contributed by atoms with Gasteiger partial charge in [0.1, 0.15) is 0 Å². The zero-order chi connectivity index (χ0) is 12.1. The number of nitrogens with two attached hydrogens (primary N) is 1. The molecule has 0 bridgehead atoms. The molecular weight excluding hydrogens is 204 g/mol. The standard InChI is InChI=1S/C11H18N4O/c1-4-5-6-7-15(3)11(16)10-9(12)8(2)13-14-10/h4H,1,5-7,12H2,2-3H3,(H,13,14). The zero-order valence-corrected chi connectivity index (χ0v) is 9.79. The maximum atomic E-state index is 11.9. The van der Waals surface area contributed by atoms with E-state index in [2.05, 4.69) is 16.8 Å². The minimum absolute atomic E-state index is 0.147. The molecule has 0 aliphatic rings. The van der Waals surface area contributed by atoms with Crippen molar-refractivity contribution in [3.05, 3.63) is 24.0 Å². The van der Waals surface area contributed by atoms with Crippen molar-refractivity contribution < 1.29 is 4.79 Å². The Bertz CT molecular complexity index is 383. The third-order valence-electron chi connectivity index (χ3n) is 2.45. The Labute approximate surface area is 95.3 Å². The summed E-state index contributed by atoms with van der Waals surface area (Å²) in [7, 11) is 1.74. The van der Waals surface area contributed by atoms with Gasteiger partial charge in [0.25, 0.3) is 5.91 Å².